The summed E-state index contributed by atoms with van der Waals surface area (Å²) in [7, 11) is 3.07. The number of hydrogen-bond donors (Lipinski definition) is 0. The van der Waals surface area contributed by atoms with Gasteiger partial charge in [0, 0.05) is 20.1 Å². The Morgan fingerprint density at radius 1 is 1.56 bits per heavy atom. The predicted molar refractivity (Wildman–Crippen MR) is 66.6 cm³/mol. The first-order chi connectivity index (χ1) is 8.67. The number of imidazole rings is 1. The number of esters is 1. The highest BCUT2D eigenvalue weighted by Crippen LogP contribution is 2.28. The molecule has 0 N–H and O–H groups in total. The molecule has 0 aromatic carbocycles. The highest BCUT2D eigenvalue weighted by molar-refractivity contribution is 6.30. The van der Waals surface area contributed by atoms with E-state index in [1.165, 1.54) is 7.11 Å². The number of aromatic nitrogens is 2. The van der Waals surface area contributed by atoms with E-state index in [4.69, 9.17) is 21.1 Å². The van der Waals surface area contributed by atoms with Crippen LogP contribution in [0.15, 0.2) is 0 Å². The van der Waals surface area contributed by atoms with Crippen LogP contribution in [0, 0.1) is 5.92 Å². The van der Waals surface area contributed by atoms with Gasteiger partial charge in [0.1, 0.15) is 5.82 Å². The summed E-state index contributed by atoms with van der Waals surface area (Å²) >= 11 is 6.11. The SMILES string of the molecule is COCCc1nc(Cl)c2n1CC(C(=O)OC)CC2. The number of rotatable bonds is 4. The Morgan fingerprint density at radius 2 is 2.33 bits per heavy atom. The maximum absolute atomic E-state index is 11.6. The summed E-state index contributed by atoms with van der Waals surface area (Å²) in [5.41, 5.74) is 1.02. The quantitative estimate of drug-likeness (QED) is 0.779. The second kappa shape index (κ2) is 5.71. The highest BCUT2D eigenvalue weighted by atomic mass is 35.5. The normalized spacial score (nSPS) is 18.5. The van der Waals surface area contributed by atoms with Crippen LogP contribution in [0.5, 0.6) is 0 Å². The number of ether oxygens (including phenoxy) is 2. The number of fused-ring (bicyclic) bond motifs is 1. The third-order valence-electron chi connectivity index (χ3n) is 3.30. The predicted octanol–water partition coefficient (Wildman–Crippen LogP) is 1.46. The molecular formula is C12H17ClN2O3. The van der Waals surface area contributed by atoms with Crippen LogP contribution in [0.1, 0.15) is 17.9 Å². The minimum atomic E-state index is -0.164. The van der Waals surface area contributed by atoms with Gasteiger partial charge in [-0.15, -0.1) is 0 Å². The molecule has 0 spiro atoms. The van der Waals surface area contributed by atoms with Crippen LogP contribution in [0.3, 0.4) is 0 Å². The second-order valence-corrected chi connectivity index (χ2v) is 4.74. The third kappa shape index (κ3) is 2.52. The smallest absolute Gasteiger partial charge is 0.310 e. The molecule has 0 radical (unpaired) electrons. The van der Waals surface area contributed by atoms with Crippen molar-refractivity contribution in [3.63, 3.8) is 0 Å². The maximum atomic E-state index is 11.6. The largest absolute Gasteiger partial charge is 0.469 e. The Morgan fingerprint density at radius 3 is 3.00 bits per heavy atom. The van der Waals surface area contributed by atoms with Crippen LogP contribution in [0.25, 0.3) is 0 Å². The van der Waals surface area contributed by atoms with Crippen LogP contribution in [-0.2, 0) is 33.7 Å². The summed E-state index contributed by atoms with van der Waals surface area (Å²) in [4.78, 5) is 15.9. The summed E-state index contributed by atoms with van der Waals surface area (Å²) < 4.78 is 11.9. The topological polar surface area (TPSA) is 53.4 Å². The Bertz CT molecular complexity index is 445. The summed E-state index contributed by atoms with van der Waals surface area (Å²) in [5.74, 6) is 0.614. The van der Waals surface area contributed by atoms with Gasteiger partial charge in [0.25, 0.3) is 0 Å². The van der Waals surface area contributed by atoms with E-state index < -0.39 is 0 Å². The van der Waals surface area contributed by atoms with E-state index in [0.29, 0.717) is 24.7 Å². The summed E-state index contributed by atoms with van der Waals surface area (Å²) in [6, 6.07) is 0. The van der Waals surface area contributed by atoms with E-state index in [1.807, 2.05) is 4.57 Å². The molecule has 2 heterocycles. The van der Waals surface area contributed by atoms with Gasteiger partial charge in [0.05, 0.1) is 25.3 Å². The van der Waals surface area contributed by atoms with Crippen LogP contribution in [-0.4, -0.2) is 36.3 Å². The Hall–Kier alpha value is -1.07. The van der Waals surface area contributed by atoms with Crippen LogP contribution < -0.4 is 0 Å². The number of hydrogen-bond acceptors (Lipinski definition) is 4. The molecule has 0 saturated heterocycles. The molecule has 18 heavy (non-hydrogen) atoms. The van der Waals surface area contributed by atoms with E-state index in [9.17, 15) is 4.79 Å². The lowest BCUT2D eigenvalue weighted by atomic mass is 9.98. The molecule has 0 aliphatic carbocycles. The molecule has 1 aliphatic rings. The zero-order valence-corrected chi connectivity index (χ0v) is 11.4. The van der Waals surface area contributed by atoms with Gasteiger partial charge in [-0.2, -0.15) is 0 Å². The summed E-state index contributed by atoms with van der Waals surface area (Å²) in [6.07, 6.45) is 2.23. The van der Waals surface area contributed by atoms with Crippen molar-refractivity contribution in [3.05, 3.63) is 16.7 Å². The first-order valence-electron chi connectivity index (χ1n) is 5.98. The molecule has 5 nitrogen and oxygen atoms in total. The van der Waals surface area contributed by atoms with Crippen molar-refractivity contribution in [2.24, 2.45) is 5.92 Å². The standard InChI is InChI=1S/C12H17ClN2O3/c1-17-6-5-10-14-11(13)9-4-3-8(7-15(9)10)12(16)18-2/h8H,3-7H2,1-2H3. The van der Waals surface area contributed by atoms with Crippen molar-refractivity contribution < 1.29 is 14.3 Å². The zero-order valence-electron chi connectivity index (χ0n) is 10.6. The average molecular weight is 273 g/mol. The van der Waals surface area contributed by atoms with E-state index in [2.05, 4.69) is 4.98 Å². The van der Waals surface area contributed by atoms with Crippen LogP contribution in [0.4, 0.5) is 0 Å². The van der Waals surface area contributed by atoms with Gasteiger partial charge in [0.2, 0.25) is 0 Å². The molecular weight excluding hydrogens is 256 g/mol. The minimum Gasteiger partial charge on any atom is -0.469 e. The van der Waals surface area contributed by atoms with Crippen molar-refractivity contribution in [2.75, 3.05) is 20.8 Å². The fourth-order valence-corrected chi connectivity index (χ4v) is 2.62. The Balaban J connectivity index is 2.20. The van der Waals surface area contributed by atoms with Crippen LogP contribution in [0.2, 0.25) is 5.15 Å². The van der Waals surface area contributed by atoms with Gasteiger partial charge in [-0.3, -0.25) is 4.79 Å². The molecule has 0 amide bonds. The zero-order chi connectivity index (χ0) is 13.1. The summed E-state index contributed by atoms with van der Waals surface area (Å²) in [5, 5.41) is 0.546. The van der Waals surface area contributed by atoms with Crippen molar-refractivity contribution in [1.82, 2.24) is 9.55 Å². The molecule has 100 valence electrons. The third-order valence-corrected chi connectivity index (χ3v) is 3.60. The van der Waals surface area contributed by atoms with Crippen molar-refractivity contribution in [3.8, 4) is 0 Å². The minimum absolute atomic E-state index is 0.103. The fraction of sp³-hybridized carbons (Fsp3) is 0.667. The number of carbonyl (C=O) groups is 1. The van der Waals surface area contributed by atoms with Crippen molar-refractivity contribution in [1.29, 1.82) is 0 Å². The molecule has 0 bridgehead atoms. The van der Waals surface area contributed by atoms with E-state index in [-0.39, 0.29) is 11.9 Å². The fourth-order valence-electron chi connectivity index (χ4n) is 2.32. The highest BCUT2D eigenvalue weighted by Gasteiger charge is 2.29. The monoisotopic (exact) mass is 272 g/mol. The first kappa shape index (κ1) is 13.4. The van der Waals surface area contributed by atoms with Crippen LogP contribution >= 0.6 is 11.6 Å². The maximum Gasteiger partial charge on any atom is 0.310 e. The van der Waals surface area contributed by atoms with Gasteiger partial charge >= 0.3 is 5.97 Å². The average Bonchev–Trinajstić information content (AvgIpc) is 2.71. The Kier molecular flexibility index (Phi) is 4.24. The molecule has 0 saturated carbocycles. The molecule has 1 atom stereocenters. The molecule has 1 aliphatic heterocycles. The molecule has 0 fully saturated rings. The second-order valence-electron chi connectivity index (χ2n) is 4.38. The molecule has 2 rings (SSSR count). The summed E-state index contributed by atoms with van der Waals surface area (Å²) in [6.45, 7) is 1.19. The van der Waals surface area contributed by atoms with Gasteiger partial charge < -0.3 is 14.0 Å². The molecule has 1 unspecified atom stereocenters. The van der Waals surface area contributed by atoms with E-state index in [1.54, 1.807) is 7.11 Å². The van der Waals surface area contributed by atoms with E-state index in [0.717, 1.165) is 24.4 Å². The van der Waals surface area contributed by atoms with Gasteiger partial charge in [-0.05, 0) is 12.8 Å². The van der Waals surface area contributed by atoms with Crippen molar-refractivity contribution >= 4 is 17.6 Å². The number of methoxy groups -OCH3 is 2. The first-order valence-corrected chi connectivity index (χ1v) is 6.35. The molecule has 1 aromatic heterocycles. The lowest BCUT2D eigenvalue weighted by molar-refractivity contribution is -0.146. The van der Waals surface area contributed by atoms with Gasteiger partial charge in [-0.1, -0.05) is 11.6 Å². The number of carbonyl (C=O) groups excluding carboxylic acids is 1. The lowest BCUT2D eigenvalue weighted by Crippen LogP contribution is -2.28. The lowest BCUT2D eigenvalue weighted by Gasteiger charge is -2.23. The Labute approximate surface area is 111 Å². The van der Waals surface area contributed by atoms with E-state index >= 15 is 0 Å². The number of nitrogens with zero attached hydrogens (tertiary/aromatic N) is 2. The van der Waals surface area contributed by atoms with Crippen molar-refractivity contribution in [2.45, 2.75) is 25.8 Å². The molecule has 1 aromatic rings. The van der Waals surface area contributed by atoms with Gasteiger partial charge in [-0.25, -0.2) is 4.98 Å². The molecule has 6 heteroatoms. The number of halogens is 1. The van der Waals surface area contributed by atoms with Gasteiger partial charge in [0.15, 0.2) is 5.15 Å².